The fourth-order valence-electron chi connectivity index (χ4n) is 2.55. The average molecular weight is 372 g/mol. The second-order valence-corrected chi connectivity index (χ2v) is 6.46. The van der Waals surface area contributed by atoms with Gasteiger partial charge in [0.05, 0.1) is 10.9 Å². The van der Waals surface area contributed by atoms with Gasteiger partial charge in [0.15, 0.2) is 0 Å². The molecule has 4 nitrogen and oxygen atoms in total. The molecule has 118 valence electrons. The van der Waals surface area contributed by atoms with Crippen molar-refractivity contribution in [2.75, 3.05) is 13.6 Å². The third-order valence-electron chi connectivity index (χ3n) is 3.79. The van der Waals surface area contributed by atoms with Crippen LogP contribution in [0.5, 0.6) is 0 Å². The maximum absolute atomic E-state index is 12.1. The first kappa shape index (κ1) is 15.9. The van der Waals surface area contributed by atoms with E-state index in [1.807, 2.05) is 36.4 Å². The van der Waals surface area contributed by atoms with Crippen molar-refractivity contribution < 1.29 is 0 Å². The summed E-state index contributed by atoms with van der Waals surface area (Å²) >= 11 is 3.57. The van der Waals surface area contributed by atoms with E-state index < -0.39 is 0 Å². The van der Waals surface area contributed by atoms with Crippen molar-refractivity contribution in [2.24, 2.45) is 0 Å². The Bertz CT molecular complexity index is 875. The maximum atomic E-state index is 12.1. The monoisotopic (exact) mass is 371 g/mol. The number of H-pyrrole nitrogens is 1. The number of aromatic nitrogens is 2. The van der Waals surface area contributed by atoms with Crippen molar-refractivity contribution in [3.63, 3.8) is 0 Å². The molecule has 1 aromatic heterocycles. The largest absolute Gasteiger partial charge is 0.310 e. The summed E-state index contributed by atoms with van der Waals surface area (Å²) in [7, 11) is 2.07. The van der Waals surface area contributed by atoms with E-state index in [1.54, 1.807) is 6.07 Å². The van der Waals surface area contributed by atoms with Gasteiger partial charge in [-0.05, 0) is 30.8 Å². The third-order valence-corrected chi connectivity index (χ3v) is 4.56. The number of aromatic amines is 1. The standard InChI is InChI=1S/C18H18BrN3O/c1-22(12-13-6-2-4-8-15(13)19)11-10-17-20-16-9-5-3-7-14(16)18(23)21-17/h2-9H,10-12H2,1H3,(H,20,21,23). The lowest BCUT2D eigenvalue weighted by Gasteiger charge is -2.17. The number of hydrogen-bond acceptors (Lipinski definition) is 3. The number of rotatable bonds is 5. The number of nitrogens with one attached hydrogen (secondary N) is 1. The molecule has 3 rings (SSSR count). The lowest BCUT2D eigenvalue weighted by Crippen LogP contribution is -2.23. The Morgan fingerprint density at radius 2 is 1.87 bits per heavy atom. The van der Waals surface area contributed by atoms with E-state index in [9.17, 15) is 4.79 Å². The highest BCUT2D eigenvalue weighted by atomic mass is 79.9. The Kier molecular flexibility index (Phi) is 4.88. The van der Waals surface area contributed by atoms with Crippen molar-refractivity contribution in [2.45, 2.75) is 13.0 Å². The number of para-hydroxylation sites is 1. The molecule has 0 aliphatic carbocycles. The molecule has 0 unspecified atom stereocenters. The molecule has 0 spiro atoms. The number of fused-ring (bicyclic) bond motifs is 1. The van der Waals surface area contributed by atoms with Crippen molar-refractivity contribution in [3.05, 3.63) is 74.7 Å². The van der Waals surface area contributed by atoms with Gasteiger partial charge in [0.25, 0.3) is 5.56 Å². The average Bonchev–Trinajstić information content (AvgIpc) is 2.55. The van der Waals surface area contributed by atoms with Crippen LogP contribution < -0.4 is 5.56 Å². The van der Waals surface area contributed by atoms with Gasteiger partial charge < -0.3 is 9.88 Å². The fourth-order valence-corrected chi connectivity index (χ4v) is 2.96. The van der Waals surface area contributed by atoms with Crippen molar-refractivity contribution in [1.82, 2.24) is 14.9 Å². The zero-order valence-corrected chi connectivity index (χ0v) is 14.5. The van der Waals surface area contributed by atoms with Gasteiger partial charge in [-0.15, -0.1) is 0 Å². The summed E-state index contributed by atoms with van der Waals surface area (Å²) in [6, 6.07) is 15.6. The molecule has 0 saturated carbocycles. The van der Waals surface area contributed by atoms with Crippen molar-refractivity contribution >= 4 is 26.8 Å². The van der Waals surface area contributed by atoms with Crippen LogP contribution in [0.1, 0.15) is 11.4 Å². The molecule has 23 heavy (non-hydrogen) atoms. The minimum atomic E-state index is -0.0703. The van der Waals surface area contributed by atoms with Gasteiger partial charge in [-0.2, -0.15) is 0 Å². The van der Waals surface area contributed by atoms with Crippen LogP contribution in [0.25, 0.3) is 10.9 Å². The van der Waals surface area contributed by atoms with Crippen LogP contribution in [-0.4, -0.2) is 28.5 Å². The molecule has 0 aliphatic heterocycles. The molecule has 1 heterocycles. The molecule has 0 amide bonds. The molecule has 5 heteroatoms. The van der Waals surface area contributed by atoms with Gasteiger partial charge in [0.1, 0.15) is 5.82 Å². The van der Waals surface area contributed by atoms with E-state index in [0.717, 1.165) is 28.9 Å². The molecule has 3 aromatic rings. The third kappa shape index (κ3) is 3.86. The second kappa shape index (κ2) is 7.06. The lowest BCUT2D eigenvalue weighted by atomic mass is 10.2. The first-order valence-electron chi connectivity index (χ1n) is 7.53. The molecule has 0 radical (unpaired) electrons. The predicted octanol–water partition coefficient (Wildman–Crippen LogP) is 3.36. The van der Waals surface area contributed by atoms with Crippen LogP contribution in [-0.2, 0) is 13.0 Å². The molecule has 0 bridgehead atoms. The minimum absolute atomic E-state index is 0.0703. The number of benzene rings is 2. The summed E-state index contributed by atoms with van der Waals surface area (Å²) in [5.41, 5.74) is 1.92. The second-order valence-electron chi connectivity index (χ2n) is 5.61. The molecule has 0 fully saturated rings. The Balaban J connectivity index is 1.68. The predicted molar refractivity (Wildman–Crippen MR) is 96.5 cm³/mol. The number of nitrogens with zero attached hydrogens (tertiary/aromatic N) is 2. The van der Waals surface area contributed by atoms with E-state index >= 15 is 0 Å². The molecule has 2 aromatic carbocycles. The van der Waals surface area contributed by atoms with Crippen LogP contribution in [0.2, 0.25) is 0 Å². The van der Waals surface area contributed by atoms with Crippen LogP contribution in [0.15, 0.2) is 57.8 Å². The van der Waals surface area contributed by atoms with E-state index in [-0.39, 0.29) is 5.56 Å². The topological polar surface area (TPSA) is 49.0 Å². The molecule has 0 saturated heterocycles. The summed E-state index contributed by atoms with van der Waals surface area (Å²) < 4.78 is 1.11. The van der Waals surface area contributed by atoms with Gasteiger partial charge in [0, 0.05) is 24.0 Å². The summed E-state index contributed by atoms with van der Waals surface area (Å²) in [4.78, 5) is 21.7. The summed E-state index contributed by atoms with van der Waals surface area (Å²) in [6.45, 7) is 1.67. The summed E-state index contributed by atoms with van der Waals surface area (Å²) in [5.74, 6) is 0.729. The first-order valence-corrected chi connectivity index (χ1v) is 8.32. The number of halogens is 1. The van der Waals surface area contributed by atoms with Crippen molar-refractivity contribution in [1.29, 1.82) is 0 Å². The normalized spacial score (nSPS) is 11.3. The number of hydrogen-bond donors (Lipinski definition) is 1. The van der Waals surface area contributed by atoms with Crippen LogP contribution >= 0.6 is 15.9 Å². The van der Waals surface area contributed by atoms with Gasteiger partial charge in [-0.25, -0.2) is 4.98 Å². The molecular weight excluding hydrogens is 354 g/mol. The Labute approximate surface area is 143 Å². The van der Waals surface area contributed by atoms with Crippen LogP contribution in [0.4, 0.5) is 0 Å². The Morgan fingerprint density at radius 3 is 2.70 bits per heavy atom. The van der Waals surface area contributed by atoms with Gasteiger partial charge >= 0.3 is 0 Å². The van der Waals surface area contributed by atoms with Gasteiger partial charge in [0.2, 0.25) is 0 Å². The van der Waals surface area contributed by atoms with Gasteiger partial charge in [-0.1, -0.05) is 46.3 Å². The van der Waals surface area contributed by atoms with E-state index in [0.29, 0.717) is 11.8 Å². The number of likely N-dealkylation sites (N-methyl/N-ethyl adjacent to an activating group) is 1. The SMILES string of the molecule is CN(CCc1nc2ccccc2c(=O)[nH]1)Cc1ccccc1Br. The summed E-state index contributed by atoms with van der Waals surface area (Å²) in [6.07, 6.45) is 0.709. The quantitative estimate of drug-likeness (QED) is 0.747. The zero-order chi connectivity index (χ0) is 16.2. The highest BCUT2D eigenvalue weighted by Gasteiger charge is 2.07. The van der Waals surface area contributed by atoms with E-state index in [4.69, 9.17) is 0 Å². The molecule has 0 atom stereocenters. The summed E-state index contributed by atoms with van der Waals surface area (Å²) in [5, 5.41) is 0.637. The molecule has 0 aliphatic rings. The Morgan fingerprint density at radius 1 is 1.13 bits per heavy atom. The minimum Gasteiger partial charge on any atom is -0.310 e. The lowest BCUT2D eigenvalue weighted by molar-refractivity contribution is 0.328. The highest BCUT2D eigenvalue weighted by Crippen LogP contribution is 2.17. The fraction of sp³-hybridized carbons (Fsp3) is 0.222. The van der Waals surface area contributed by atoms with Gasteiger partial charge in [-0.3, -0.25) is 4.79 Å². The molecule has 1 N–H and O–H groups in total. The highest BCUT2D eigenvalue weighted by molar-refractivity contribution is 9.10. The van der Waals surface area contributed by atoms with Crippen LogP contribution in [0, 0.1) is 0 Å². The van der Waals surface area contributed by atoms with Crippen molar-refractivity contribution in [3.8, 4) is 0 Å². The molecular formula is C18H18BrN3O. The van der Waals surface area contributed by atoms with E-state index in [1.165, 1.54) is 5.56 Å². The zero-order valence-electron chi connectivity index (χ0n) is 12.9. The maximum Gasteiger partial charge on any atom is 0.258 e. The van der Waals surface area contributed by atoms with Crippen LogP contribution in [0.3, 0.4) is 0 Å². The first-order chi connectivity index (χ1) is 11.1. The smallest absolute Gasteiger partial charge is 0.258 e. The van der Waals surface area contributed by atoms with E-state index in [2.05, 4.69) is 43.9 Å². The Hall–Kier alpha value is -1.98.